The largest absolute Gasteiger partial charge is 0.478 e. The van der Waals surface area contributed by atoms with Crippen molar-refractivity contribution >= 4 is 5.97 Å². The first kappa shape index (κ1) is 26.7. The van der Waals surface area contributed by atoms with Crippen LogP contribution in [-0.2, 0) is 19.4 Å². The van der Waals surface area contributed by atoms with Crippen molar-refractivity contribution in [2.45, 2.75) is 46.1 Å². The monoisotopic (exact) mass is 534 g/mol. The van der Waals surface area contributed by atoms with Crippen molar-refractivity contribution in [2.24, 2.45) is 0 Å². The quantitative estimate of drug-likeness (QED) is 0.256. The first-order valence-electron chi connectivity index (χ1n) is 13.3. The van der Waals surface area contributed by atoms with Gasteiger partial charge >= 0.3 is 5.97 Å². The zero-order valence-corrected chi connectivity index (χ0v) is 22.5. The van der Waals surface area contributed by atoms with Crippen LogP contribution in [0.5, 0.6) is 0 Å². The highest BCUT2D eigenvalue weighted by Gasteiger charge is 2.16. The number of aromatic carboxylic acids is 1. The smallest absolute Gasteiger partial charge is 0.335 e. The van der Waals surface area contributed by atoms with Crippen LogP contribution in [0.15, 0.2) is 77.6 Å². The number of nitrogens with zero attached hydrogens (tertiary/aromatic N) is 5. The lowest BCUT2D eigenvalue weighted by molar-refractivity contribution is 0.0697. The van der Waals surface area contributed by atoms with E-state index in [1.807, 2.05) is 55.5 Å². The molecule has 40 heavy (non-hydrogen) atoms. The molecule has 0 amide bonds. The third-order valence-electron chi connectivity index (χ3n) is 7.02. The van der Waals surface area contributed by atoms with Gasteiger partial charge in [0, 0.05) is 17.5 Å². The lowest BCUT2D eigenvalue weighted by Gasteiger charge is -2.16. The molecule has 0 radical (unpaired) electrons. The van der Waals surface area contributed by atoms with Crippen molar-refractivity contribution in [3.05, 3.63) is 117 Å². The molecule has 0 fully saturated rings. The fraction of sp³-hybridized carbons (Fsp3) is 0.226. The van der Waals surface area contributed by atoms with Gasteiger partial charge in [0.1, 0.15) is 5.82 Å². The molecule has 0 aliphatic carbocycles. The van der Waals surface area contributed by atoms with Crippen molar-refractivity contribution in [1.82, 2.24) is 30.2 Å². The number of H-pyrrole nitrogens is 1. The number of carboxylic acid groups (broad SMARTS) is 1. The van der Waals surface area contributed by atoms with Gasteiger partial charge in [-0.05, 0) is 64.6 Å². The van der Waals surface area contributed by atoms with Gasteiger partial charge < -0.3 is 5.11 Å². The normalized spacial score (nSPS) is 11.1. The van der Waals surface area contributed by atoms with Crippen LogP contribution in [0.2, 0.25) is 0 Å². The Labute approximate surface area is 231 Å². The Morgan fingerprint density at radius 1 is 0.950 bits per heavy atom. The maximum atomic E-state index is 13.8. The number of hydrogen-bond acceptors (Lipinski definition) is 6. The van der Waals surface area contributed by atoms with Crippen LogP contribution in [-0.4, -0.2) is 41.3 Å². The second-order valence-corrected chi connectivity index (χ2v) is 9.75. The van der Waals surface area contributed by atoms with E-state index in [4.69, 9.17) is 4.98 Å². The molecule has 2 aromatic heterocycles. The van der Waals surface area contributed by atoms with Crippen molar-refractivity contribution in [3.8, 4) is 22.5 Å². The number of aryl methyl sites for hydroxylation is 2. The van der Waals surface area contributed by atoms with Gasteiger partial charge in [0.2, 0.25) is 0 Å². The average Bonchev–Trinajstić information content (AvgIpc) is 3.51. The third kappa shape index (κ3) is 5.73. The number of tetrazole rings is 1. The minimum Gasteiger partial charge on any atom is -0.478 e. The van der Waals surface area contributed by atoms with Crippen molar-refractivity contribution in [1.29, 1.82) is 0 Å². The number of unbranched alkanes of at least 4 members (excludes halogenated alkanes) is 1. The van der Waals surface area contributed by atoms with E-state index < -0.39 is 5.97 Å². The van der Waals surface area contributed by atoms with E-state index in [1.54, 1.807) is 28.8 Å². The van der Waals surface area contributed by atoms with Gasteiger partial charge in [0.15, 0.2) is 5.82 Å². The zero-order chi connectivity index (χ0) is 28.1. The fourth-order valence-electron chi connectivity index (χ4n) is 4.83. The Bertz CT molecular complexity index is 1670. The molecule has 2 heterocycles. The van der Waals surface area contributed by atoms with Crippen LogP contribution in [0.25, 0.3) is 22.5 Å². The minimum absolute atomic E-state index is 0.0619. The number of rotatable bonds is 10. The molecule has 0 bridgehead atoms. The van der Waals surface area contributed by atoms with E-state index in [0.29, 0.717) is 30.2 Å². The summed E-state index contributed by atoms with van der Waals surface area (Å²) in [6.45, 7) is 4.30. The Kier molecular flexibility index (Phi) is 7.91. The van der Waals surface area contributed by atoms with Gasteiger partial charge in [0.25, 0.3) is 5.56 Å². The van der Waals surface area contributed by atoms with E-state index >= 15 is 0 Å². The molecule has 0 aliphatic rings. The van der Waals surface area contributed by atoms with Crippen LogP contribution in [0.1, 0.15) is 58.3 Å². The molecule has 0 saturated carbocycles. The lowest BCUT2D eigenvalue weighted by atomic mass is 9.96. The molecule has 5 aromatic rings. The second-order valence-electron chi connectivity index (χ2n) is 9.75. The Morgan fingerprint density at radius 3 is 2.30 bits per heavy atom. The fourth-order valence-corrected chi connectivity index (χ4v) is 4.83. The SMILES string of the molecule is CCCCc1nc(C)n(Cc2ccc(C(=O)O)cc2)c(=O)c1Cc1ccc(-c2ccccc2-c2nnn[nH]2)cc1. The highest BCUT2D eigenvalue weighted by molar-refractivity contribution is 5.87. The summed E-state index contributed by atoms with van der Waals surface area (Å²) in [6.07, 6.45) is 3.17. The molecule has 0 saturated heterocycles. The Morgan fingerprint density at radius 2 is 1.65 bits per heavy atom. The molecule has 0 aliphatic heterocycles. The lowest BCUT2D eigenvalue weighted by Crippen LogP contribution is -2.30. The van der Waals surface area contributed by atoms with Gasteiger partial charge in [-0.15, -0.1) is 5.10 Å². The summed E-state index contributed by atoms with van der Waals surface area (Å²) in [4.78, 5) is 29.9. The van der Waals surface area contributed by atoms with Gasteiger partial charge in [-0.3, -0.25) is 9.36 Å². The molecule has 3 aromatic carbocycles. The van der Waals surface area contributed by atoms with Gasteiger partial charge in [-0.1, -0.05) is 74.0 Å². The molecule has 2 N–H and O–H groups in total. The van der Waals surface area contributed by atoms with E-state index in [9.17, 15) is 14.7 Å². The summed E-state index contributed by atoms with van der Waals surface area (Å²) in [6, 6.07) is 22.7. The Hall–Kier alpha value is -4.92. The molecular formula is C31H30N6O3. The highest BCUT2D eigenvalue weighted by Crippen LogP contribution is 2.30. The zero-order valence-electron chi connectivity index (χ0n) is 22.5. The van der Waals surface area contributed by atoms with Crippen molar-refractivity contribution in [3.63, 3.8) is 0 Å². The summed E-state index contributed by atoms with van der Waals surface area (Å²) in [5, 5.41) is 23.5. The summed E-state index contributed by atoms with van der Waals surface area (Å²) in [5.74, 6) is 0.272. The van der Waals surface area contributed by atoms with Crippen LogP contribution in [0, 0.1) is 6.92 Å². The predicted octanol–water partition coefficient (Wildman–Crippen LogP) is 5.08. The second kappa shape index (κ2) is 11.9. The molecule has 9 nitrogen and oxygen atoms in total. The summed E-state index contributed by atoms with van der Waals surface area (Å²) >= 11 is 0. The predicted molar refractivity (Wildman–Crippen MR) is 152 cm³/mol. The minimum atomic E-state index is -0.978. The third-order valence-corrected chi connectivity index (χ3v) is 7.02. The standard InChI is InChI=1S/C31H30N6O3/c1-3-4-9-28-27(30(38)37(20(2)32-28)19-22-12-16-24(17-13-22)31(39)40)18-21-10-14-23(15-11-21)25-7-5-6-8-26(25)29-33-35-36-34-29/h5-8,10-17H,3-4,9,18-19H2,1-2H3,(H,39,40)(H,33,34,35,36). The highest BCUT2D eigenvalue weighted by atomic mass is 16.4. The number of benzene rings is 3. The molecule has 0 unspecified atom stereocenters. The average molecular weight is 535 g/mol. The topological polar surface area (TPSA) is 127 Å². The van der Waals surface area contributed by atoms with Gasteiger partial charge in [-0.2, -0.15) is 0 Å². The molecule has 0 atom stereocenters. The molecule has 9 heteroatoms. The Balaban J connectivity index is 1.46. The number of carbonyl (C=O) groups is 1. The molecule has 202 valence electrons. The van der Waals surface area contributed by atoms with E-state index in [0.717, 1.165) is 52.8 Å². The summed E-state index contributed by atoms with van der Waals surface area (Å²) in [7, 11) is 0. The molecule has 0 spiro atoms. The van der Waals surface area contributed by atoms with Crippen molar-refractivity contribution in [2.75, 3.05) is 0 Å². The number of aromatic nitrogens is 6. The number of hydrogen-bond donors (Lipinski definition) is 2. The van der Waals surface area contributed by atoms with Crippen LogP contribution < -0.4 is 5.56 Å². The van der Waals surface area contributed by atoms with Gasteiger partial charge in [0.05, 0.1) is 17.8 Å². The first-order valence-corrected chi connectivity index (χ1v) is 13.3. The summed E-state index contributed by atoms with van der Waals surface area (Å²) < 4.78 is 1.68. The van der Waals surface area contributed by atoms with E-state index in [-0.39, 0.29) is 11.1 Å². The van der Waals surface area contributed by atoms with Crippen LogP contribution in [0.3, 0.4) is 0 Å². The maximum Gasteiger partial charge on any atom is 0.335 e. The summed E-state index contributed by atoms with van der Waals surface area (Å²) in [5.41, 5.74) is 6.48. The van der Waals surface area contributed by atoms with Gasteiger partial charge in [-0.25, -0.2) is 14.9 Å². The van der Waals surface area contributed by atoms with Crippen molar-refractivity contribution < 1.29 is 9.90 Å². The molecular weight excluding hydrogens is 504 g/mol. The maximum absolute atomic E-state index is 13.8. The first-order chi connectivity index (χ1) is 19.4. The van der Waals surface area contributed by atoms with Crippen LogP contribution >= 0.6 is 0 Å². The number of carboxylic acids is 1. The number of nitrogens with one attached hydrogen (secondary N) is 1. The molecule has 5 rings (SSSR count). The van der Waals surface area contributed by atoms with Crippen LogP contribution in [0.4, 0.5) is 0 Å². The number of aromatic amines is 1. The van der Waals surface area contributed by atoms with E-state index in [2.05, 4.69) is 27.5 Å². The van der Waals surface area contributed by atoms with E-state index in [1.165, 1.54) is 0 Å².